The molecule has 1 aromatic heterocycles. The second-order valence-electron chi connectivity index (χ2n) is 9.92. The lowest BCUT2D eigenvalue weighted by molar-refractivity contribution is -0.123. The molecule has 0 aliphatic heterocycles. The molecule has 0 aliphatic rings. The van der Waals surface area contributed by atoms with Crippen LogP contribution < -0.4 is 30.7 Å². The van der Waals surface area contributed by atoms with E-state index in [1.165, 1.54) is 10.8 Å². The highest BCUT2D eigenvalue weighted by atomic mass is 32.1. The number of aliphatic hydroxyl groups is 1. The molecule has 39 heavy (non-hydrogen) atoms. The summed E-state index contributed by atoms with van der Waals surface area (Å²) in [5.41, 5.74) is 1.10. The molecule has 0 spiro atoms. The number of aliphatic hydroxyl groups excluding tert-OH is 1. The summed E-state index contributed by atoms with van der Waals surface area (Å²) in [5, 5.41) is 28.3. The van der Waals surface area contributed by atoms with E-state index in [0.29, 0.717) is 22.3 Å². The van der Waals surface area contributed by atoms with Gasteiger partial charge in [0, 0.05) is 29.5 Å². The molecule has 1 heterocycles. The lowest BCUT2D eigenvalue weighted by Crippen LogP contribution is -2.41. The van der Waals surface area contributed by atoms with Crippen molar-refractivity contribution in [1.29, 1.82) is 5.26 Å². The fourth-order valence-corrected chi connectivity index (χ4v) is 4.75. The highest BCUT2D eigenvalue weighted by molar-refractivity contribution is 7.07. The Morgan fingerprint density at radius 2 is 1.82 bits per heavy atom. The summed E-state index contributed by atoms with van der Waals surface area (Å²) in [6.45, 7) is 7.19. The van der Waals surface area contributed by atoms with Gasteiger partial charge in [-0.25, -0.2) is 0 Å². The molecule has 0 saturated heterocycles. The SMILES string of the molecule is CCn1c(=C(C#N)C(=O)N[C@H](CO)Cc2ccccc2)sc(=CNc2cccc(NC(=O)C(C)(C)C)c2)c1=O. The number of hydrogen-bond donors (Lipinski definition) is 4. The number of nitrogens with zero attached hydrogens (tertiary/aromatic N) is 2. The van der Waals surface area contributed by atoms with Crippen molar-refractivity contribution in [2.24, 2.45) is 5.41 Å². The summed E-state index contributed by atoms with van der Waals surface area (Å²) in [7, 11) is 0. The van der Waals surface area contributed by atoms with Gasteiger partial charge in [-0.1, -0.05) is 57.2 Å². The number of carbonyl (C=O) groups is 2. The molecule has 0 saturated carbocycles. The summed E-state index contributed by atoms with van der Waals surface area (Å²) in [6, 6.07) is 17.8. The predicted octanol–water partition coefficient (Wildman–Crippen LogP) is 2.16. The highest BCUT2D eigenvalue weighted by Crippen LogP contribution is 2.20. The van der Waals surface area contributed by atoms with E-state index in [-0.39, 0.29) is 34.9 Å². The molecular formula is C29H33N5O4S. The van der Waals surface area contributed by atoms with Crippen LogP contribution >= 0.6 is 11.3 Å². The van der Waals surface area contributed by atoms with Crippen LogP contribution in [-0.2, 0) is 22.6 Å². The van der Waals surface area contributed by atoms with Crippen LogP contribution in [0.25, 0.3) is 11.8 Å². The lowest BCUT2D eigenvalue weighted by atomic mass is 9.95. The third-order valence-electron chi connectivity index (χ3n) is 5.83. The van der Waals surface area contributed by atoms with Crippen LogP contribution in [0.3, 0.4) is 0 Å². The summed E-state index contributed by atoms with van der Waals surface area (Å²) in [5.74, 6) is -0.778. The second-order valence-corrected chi connectivity index (χ2v) is 11.0. The number of rotatable bonds is 9. The number of hydrogen-bond acceptors (Lipinski definition) is 7. The van der Waals surface area contributed by atoms with Crippen molar-refractivity contribution < 1.29 is 14.7 Å². The Hall–Kier alpha value is -4.20. The van der Waals surface area contributed by atoms with E-state index in [1.807, 2.05) is 57.2 Å². The van der Waals surface area contributed by atoms with E-state index in [1.54, 1.807) is 31.2 Å². The zero-order valence-electron chi connectivity index (χ0n) is 22.4. The molecule has 0 unspecified atom stereocenters. The highest BCUT2D eigenvalue weighted by Gasteiger charge is 2.21. The van der Waals surface area contributed by atoms with E-state index in [0.717, 1.165) is 16.9 Å². The molecule has 0 radical (unpaired) electrons. The normalized spacial score (nSPS) is 13.3. The van der Waals surface area contributed by atoms with E-state index in [4.69, 9.17) is 0 Å². The zero-order chi connectivity index (χ0) is 28.6. The summed E-state index contributed by atoms with van der Waals surface area (Å²) in [6.07, 6.45) is 1.91. The van der Waals surface area contributed by atoms with Gasteiger partial charge >= 0.3 is 0 Å². The van der Waals surface area contributed by atoms with Gasteiger partial charge in [0.05, 0.1) is 12.6 Å². The van der Waals surface area contributed by atoms with Gasteiger partial charge in [-0.2, -0.15) is 5.26 Å². The van der Waals surface area contributed by atoms with Gasteiger partial charge < -0.3 is 21.1 Å². The van der Waals surface area contributed by atoms with Crippen molar-refractivity contribution in [3.05, 3.63) is 79.7 Å². The Balaban J connectivity index is 1.89. The summed E-state index contributed by atoms with van der Waals surface area (Å²) in [4.78, 5) is 38.4. The Labute approximate surface area is 231 Å². The van der Waals surface area contributed by atoms with E-state index in [2.05, 4.69) is 16.0 Å². The third kappa shape index (κ3) is 7.66. The number of nitriles is 1. The molecule has 4 N–H and O–H groups in total. The van der Waals surface area contributed by atoms with Crippen molar-refractivity contribution >= 4 is 46.3 Å². The fourth-order valence-electron chi connectivity index (χ4n) is 3.66. The minimum Gasteiger partial charge on any atom is -0.394 e. The molecule has 3 rings (SSSR count). The first-order valence-corrected chi connectivity index (χ1v) is 13.4. The molecule has 2 amide bonds. The Bertz CT molecular complexity index is 1550. The predicted molar refractivity (Wildman–Crippen MR) is 154 cm³/mol. The Kier molecular flexibility index (Phi) is 9.82. The minimum absolute atomic E-state index is 0.123. The van der Waals surface area contributed by atoms with E-state index >= 15 is 0 Å². The number of amides is 2. The van der Waals surface area contributed by atoms with Crippen molar-refractivity contribution in [1.82, 2.24) is 9.88 Å². The molecule has 0 fully saturated rings. The smallest absolute Gasteiger partial charge is 0.270 e. The average Bonchev–Trinajstić information content (AvgIpc) is 3.22. The molecule has 10 heteroatoms. The first-order valence-electron chi connectivity index (χ1n) is 12.5. The number of carbonyl (C=O) groups excluding carboxylic acids is 2. The van der Waals surface area contributed by atoms with Crippen LogP contribution in [0.1, 0.15) is 33.3 Å². The molecule has 9 nitrogen and oxygen atoms in total. The van der Waals surface area contributed by atoms with Crippen LogP contribution in [0.4, 0.5) is 11.4 Å². The maximum Gasteiger partial charge on any atom is 0.270 e. The van der Waals surface area contributed by atoms with Crippen LogP contribution in [0.15, 0.2) is 59.4 Å². The summed E-state index contributed by atoms with van der Waals surface area (Å²) >= 11 is 1.03. The maximum atomic E-state index is 13.1. The monoisotopic (exact) mass is 547 g/mol. The topological polar surface area (TPSA) is 136 Å². The number of benzene rings is 2. The largest absolute Gasteiger partial charge is 0.394 e. The van der Waals surface area contributed by atoms with Gasteiger partial charge in [0.2, 0.25) is 5.91 Å². The fraction of sp³-hybridized carbons (Fsp3) is 0.310. The number of anilines is 2. The molecule has 2 aromatic carbocycles. The van der Waals surface area contributed by atoms with Gasteiger partial charge in [0.1, 0.15) is 15.3 Å². The van der Waals surface area contributed by atoms with E-state index < -0.39 is 17.4 Å². The van der Waals surface area contributed by atoms with Gasteiger partial charge in [-0.05, 0) is 37.1 Å². The van der Waals surface area contributed by atoms with Gasteiger partial charge in [0.15, 0.2) is 5.57 Å². The van der Waals surface area contributed by atoms with Gasteiger partial charge in [0.25, 0.3) is 11.5 Å². The van der Waals surface area contributed by atoms with Crippen molar-refractivity contribution in [2.45, 2.75) is 46.7 Å². The second kappa shape index (κ2) is 13.0. The molecule has 204 valence electrons. The maximum absolute atomic E-state index is 13.1. The van der Waals surface area contributed by atoms with E-state index in [9.17, 15) is 24.8 Å². The van der Waals surface area contributed by atoms with Gasteiger partial charge in [-0.15, -0.1) is 11.3 Å². The first kappa shape index (κ1) is 29.4. The third-order valence-corrected chi connectivity index (χ3v) is 6.96. The number of nitrogens with one attached hydrogen (secondary N) is 3. The van der Waals surface area contributed by atoms with Crippen molar-refractivity contribution in [3.8, 4) is 6.07 Å². The molecule has 0 aliphatic carbocycles. The minimum atomic E-state index is -0.655. The van der Waals surface area contributed by atoms with Crippen LogP contribution in [-0.4, -0.2) is 34.1 Å². The molecule has 0 bridgehead atoms. The Morgan fingerprint density at radius 1 is 1.13 bits per heavy atom. The molecular weight excluding hydrogens is 514 g/mol. The molecule has 3 aromatic rings. The average molecular weight is 548 g/mol. The molecule has 1 atom stereocenters. The Morgan fingerprint density at radius 3 is 2.44 bits per heavy atom. The summed E-state index contributed by atoms with van der Waals surface area (Å²) < 4.78 is 1.92. The zero-order valence-corrected chi connectivity index (χ0v) is 23.3. The van der Waals surface area contributed by atoms with Crippen LogP contribution in [0.2, 0.25) is 0 Å². The van der Waals surface area contributed by atoms with Gasteiger partial charge in [-0.3, -0.25) is 19.0 Å². The van der Waals surface area contributed by atoms with Crippen LogP contribution in [0.5, 0.6) is 0 Å². The number of thiazole rings is 1. The first-order chi connectivity index (χ1) is 18.6. The van der Waals surface area contributed by atoms with Crippen LogP contribution in [0, 0.1) is 16.7 Å². The number of aromatic nitrogens is 1. The standard InChI is InChI=1S/C29H33N5O4S/c1-5-34-26(37)24(17-31-20-12-9-13-21(15-20)33-28(38)29(2,3)4)39-27(34)23(16-30)25(36)32-22(18-35)14-19-10-7-6-8-11-19/h6-13,15,17,22,31,35H,5,14,18H2,1-4H3,(H,32,36)(H,33,38)/t22-/m0/s1. The lowest BCUT2D eigenvalue weighted by Gasteiger charge is -2.18. The van der Waals surface area contributed by atoms with Crippen molar-refractivity contribution in [3.63, 3.8) is 0 Å². The van der Waals surface area contributed by atoms with Crippen molar-refractivity contribution in [2.75, 3.05) is 17.2 Å². The quantitative estimate of drug-likeness (QED) is 0.324.